The van der Waals surface area contributed by atoms with Gasteiger partial charge in [-0.15, -0.1) is 0 Å². The molecule has 2 rings (SSSR count). The van der Waals surface area contributed by atoms with Crippen LogP contribution in [-0.2, 0) is 4.79 Å². The van der Waals surface area contributed by atoms with Gasteiger partial charge in [0.15, 0.2) is 5.16 Å². The summed E-state index contributed by atoms with van der Waals surface area (Å²) in [6.45, 7) is 5.25. The quantitative estimate of drug-likeness (QED) is 0.661. The number of thioether (sulfide) groups is 1. The summed E-state index contributed by atoms with van der Waals surface area (Å²) in [5, 5.41) is 0.675. The van der Waals surface area contributed by atoms with Gasteiger partial charge in [-0.05, 0) is 32.8 Å². The monoisotopic (exact) mass is 280 g/mol. The van der Waals surface area contributed by atoms with Crippen molar-refractivity contribution in [1.82, 2.24) is 14.9 Å². The lowest BCUT2D eigenvalue weighted by atomic mass is 10.2. The van der Waals surface area contributed by atoms with Gasteiger partial charge in [0.2, 0.25) is 5.91 Å². The molecule has 1 atom stereocenters. The van der Waals surface area contributed by atoms with Gasteiger partial charge in [0, 0.05) is 30.5 Å². The highest BCUT2D eigenvalue weighted by molar-refractivity contribution is 7.99. The van der Waals surface area contributed by atoms with E-state index in [0.717, 1.165) is 30.8 Å². The largest absolute Gasteiger partial charge is 0.338 e. The van der Waals surface area contributed by atoms with Crippen LogP contribution in [0.5, 0.6) is 0 Å². The van der Waals surface area contributed by atoms with Crippen LogP contribution in [0.25, 0.3) is 0 Å². The first-order chi connectivity index (χ1) is 9.10. The molecule has 0 radical (unpaired) electrons. The molecule has 1 saturated heterocycles. The minimum Gasteiger partial charge on any atom is -0.338 e. The average molecular weight is 280 g/mol. The summed E-state index contributed by atoms with van der Waals surface area (Å²) in [4.78, 5) is 22.7. The Hall–Kier alpha value is -1.14. The fourth-order valence-electron chi connectivity index (χ4n) is 2.38. The van der Waals surface area contributed by atoms with Crippen LogP contribution in [0.1, 0.15) is 24.2 Å². The van der Waals surface area contributed by atoms with E-state index in [-0.39, 0.29) is 11.9 Å². The van der Waals surface area contributed by atoms with E-state index in [2.05, 4.69) is 9.97 Å². The summed E-state index contributed by atoms with van der Waals surface area (Å²) in [6.07, 6.45) is 2.07. The molecule has 0 bridgehead atoms. The van der Waals surface area contributed by atoms with Crippen LogP contribution < -0.4 is 5.73 Å². The zero-order valence-corrected chi connectivity index (χ0v) is 12.2. The van der Waals surface area contributed by atoms with Gasteiger partial charge in [0.05, 0.1) is 5.75 Å². The highest BCUT2D eigenvalue weighted by Gasteiger charge is 2.27. The summed E-state index contributed by atoms with van der Waals surface area (Å²) in [7, 11) is 0. The number of nitrogens with two attached hydrogens (primary N) is 1. The Bertz CT molecular complexity index is 446. The van der Waals surface area contributed by atoms with E-state index in [1.165, 1.54) is 11.8 Å². The first-order valence-corrected chi connectivity index (χ1v) is 7.53. The highest BCUT2D eigenvalue weighted by atomic mass is 32.2. The molecule has 1 aliphatic heterocycles. The molecule has 1 aliphatic rings. The molecule has 1 unspecified atom stereocenters. The molecule has 2 heterocycles. The minimum atomic E-state index is 0.140. The Labute approximate surface area is 118 Å². The number of likely N-dealkylation sites (tertiary alicyclic amines) is 1. The number of carbonyl (C=O) groups is 1. The van der Waals surface area contributed by atoms with Gasteiger partial charge in [0.1, 0.15) is 0 Å². The van der Waals surface area contributed by atoms with Crippen LogP contribution in [0, 0.1) is 13.8 Å². The van der Waals surface area contributed by atoms with Gasteiger partial charge < -0.3 is 10.6 Å². The van der Waals surface area contributed by atoms with E-state index < -0.39 is 0 Å². The Kier molecular flexibility index (Phi) is 4.76. The van der Waals surface area contributed by atoms with E-state index in [0.29, 0.717) is 17.5 Å². The SMILES string of the molecule is Cc1cc(C)nc(SCC(=O)N2CCCC2CN)n1. The molecule has 2 N–H and O–H groups in total. The topological polar surface area (TPSA) is 72.1 Å². The third-order valence-electron chi connectivity index (χ3n) is 3.26. The van der Waals surface area contributed by atoms with Crippen molar-refractivity contribution in [2.24, 2.45) is 5.73 Å². The van der Waals surface area contributed by atoms with Gasteiger partial charge in [-0.2, -0.15) is 0 Å². The maximum absolute atomic E-state index is 12.2. The smallest absolute Gasteiger partial charge is 0.233 e. The summed E-state index contributed by atoms with van der Waals surface area (Å²) in [5.41, 5.74) is 7.55. The van der Waals surface area contributed by atoms with Crippen LogP contribution >= 0.6 is 11.8 Å². The van der Waals surface area contributed by atoms with Crippen molar-refractivity contribution in [3.8, 4) is 0 Å². The van der Waals surface area contributed by atoms with Crippen molar-refractivity contribution in [3.05, 3.63) is 17.5 Å². The second-order valence-electron chi connectivity index (χ2n) is 4.84. The molecule has 6 heteroatoms. The molecule has 1 amide bonds. The molecule has 0 aromatic carbocycles. The van der Waals surface area contributed by atoms with Crippen LogP contribution in [0.2, 0.25) is 0 Å². The van der Waals surface area contributed by atoms with Crippen molar-refractivity contribution < 1.29 is 4.79 Å². The van der Waals surface area contributed by atoms with Crippen LogP contribution in [0.15, 0.2) is 11.2 Å². The first-order valence-electron chi connectivity index (χ1n) is 6.55. The number of rotatable bonds is 4. The van der Waals surface area contributed by atoms with Crippen LogP contribution in [0.4, 0.5) is 0 Å². The van der Waals surface area contributed by atoms with Crippen molar-refractivity contribution in [2.75, 3.05) is 18.8 Å². The first kappa shape index (κ1) is 14.3. The van der Waals surface area contributed by atoms with Crippen LogP contribution in [-0.4, -0.2) is 45.7 Å². The van der Waals surface area contributed by atoms with E-state index >= 15 is 0 Å². The van der Waals surface area contributed by atoms with E-state index in [1.54, 1.807) is 0 Å². The number of hydrogen-bond donors (Lipinski definition) is 1. The lowest BCUT2D eigenvalue weighted by molar-refractivity contribution is -0.128. The van der Waals surface area contributed by atoms with Gasteiger partial charge in [-0.1, -0.05) is 11.8 Å². The van der Waals surface area contributed by atoms with Crippen molar-refractivity contribution in [1.29, 1.82) is 0 Å². The lowest BCUT2D eigenvalue weighted by Gasteiger charge is -2.23. The maximum atomic E-state index is 12.2. The number of nitrogens with zero attached hydrogens (tertiary/aromatic N) is 3. The Balaban J connectivity index is 1.93. The van der Waals surface area contributed by atoms with Crippen molar-refractivity contribution >= 4 is 17.7 Å². The van der Waals surface area contributed by atoms with Crippen molar-refractivity contribution in [3.63, 3.8) is 0 Å². The predicted octanol–water partition coefficient (Wildman–Crippen LogP) is 1.14. The normalized spacial score (nSPS) is 18.9. The van der Waals surface area contributed by atoms with Gasteiger partial charge in [0.25, 0.3) is 0 Å². The summed E-state index contributed by atoms with van der Waals surface area (Å²) < 4.78 is 0. The number of hydrogen-bond acceptors (Lipinski definition) is 5. The molecule has 1 aromatic rings. The molecular formula is C13H20N4OS. The van der Waals surface area contributed by atoms with Crippen LogP contribution in [0.3, 0.4) is 0 Å². The molecule has 5 nitrogen and oxygen atoms in total. The molecular weight excluding hydrogens is 260 g/mol. The second kappa shape index (κ2) is 6.34. The maximum Gasteiger partial charge on any atom is 0.233 e. The second-order valence-corrected chi connectivity index (χ2v) is 5.78. The Morgan fingerprint density at radius 3 is 2.79 bits per heavy atom. The lowest BCUT2D eigenvalue weighted by Crippen LogP contribution is -2.40. The highest BCUT2D eigenvalue weighted by Crippen LogP contribution is 2.20. The summed E-state index contributed by atoms with van der Waals surface area (Å²) >= 11 is 1.40. The van der Waals surface area contributed by atoms with E-state index in [9.17, 15) is 4.79 Å². The number of aromatic nitrogens is 2. The molecule has 1 fully saturated rings. The standard InChI is InChI=1S/C13H20N4OS/c1-9-6-10(2)16-13(15-9)19-8-12(18)17-5-3-4-11(17)7-14/h6,11H,3-5,7-8,14H2,1-2H3. The van der Waals surface area contributed by atoms with Gasteiger partial charge >= 0.3 is 0 Å². The number of aryl methyl sites for hydroxylation is 2. The molecule has 0 spiro atoms. The van der Waals surface area contributed by atoms with Gasteiger partial charge in [-0.25, -0.2) is 9.97 Å². The molecule has 0 saturated carbocycles. The molecule has 104 valence electrons. The Morgan fingerprint density at radius 1 is 1.47 bits per heavy atom. The van der Waals surface area contributed by atoms with E-state index in [4.69, 9.17) is 5.73 Å². The fraction of sp³-hybridized carbons (Fsp3) is 0.615. The fourth-order valence-corrected chi connectivity index (χ4v) is 3.21. The third-order valence-corrected chi connectivity index (χ3v) is 4.09. The zero-order chi connectivity index (χ0) is 13.8. The molecule has 19 heavy (non-hydrogen) atoms. The summed E-state index contributed by atoms with van der Waals surface area (Å²) in [6, 6.07) is 2.14. The minimum absolute atomic E-state index is 0.140. The van der Waals surface area contributed by atoms with Crippen molar-refractivity contribution in [2.45, 2.75) is 37.9 Å². The zero-order valence-electron chi connectivity index (χ0n) is 11.4. The summed E-state index contributed by atoms with van der Waals surface area (Å²) in [5.74, 6) is 0.528. The number of amides is 1. The third kappa shape index (κ3) is 3.67. The number of carbonyl (C=O) groups excluding carboxylic acids is 1. The van der Waals surface area contributed by atoms with Gasteiger partial charge in [-0.3, -0.25) is 4.79 Å². The molecule has 1 aromatic heterocycles. The molecule has 0 aliphatic carbocycles. The average Bonchev–Trinajstić information content (AvgIpc) is 2.83. The predicted molar refractivity (Wildman–Crippen MR) is 76.0 cm³/mol. The Morgan fingerprint density at radius 2 is 2.16 bits per heavy atom. The van der Waals surface area contributed by atoms with E-state index in [1.807, 2.05) is 24.8 Å².